The maximum atomic E-state index is 14.5. The number of aromatic nitrogens is 2. The SMILES string of the molecule is COCCCOc1cc2nc(-c3cccc4c3-c3ccccc3C4N)[nH]c2cc1F. The molecule has 4 aromatic rings. The standard InChI is InChI=1S/C24H22FN3O2/c1-29-10-5-11-30-21-13-20-19(12-18(21)25)27-24(28-20)17-9-4-8-16-22(17)14-6-2-3-7-15(14)23(16)26/h2-4,6-9,12-13,23H,5,10-11,26H2,1H3,(H,27,28). The van der Waals surface area contributed by atoms with Crippen LogP contribution in [0.25, 0.3) is 33.5 Å². The fourth-order valence-corrected chi connectivity index (χ4v) is 4.13. The molecule has 0 bridgehead atoms. The highest BCUT2D eigenvalue weighted by Gasteiger charge is 2.28. The van der Waals surface area contributed by atoms with Gasteiger partial charge in [-0.15, -0.1) is 0 Å². The molecule has 1 aromatic heterocycles. The summed E-state index contributed by atoms with van der Waals surface area (Å²) >= 11 is 0. The Labute approximate surface area is 173 Å². The van der Waals surface area contributed by atoms with Crippen molar-refractivity contribution < 1.29 is 13.9 Å². The molecule has 1 unspecified atom stereocenters. The quantitative estimate of drug-likeness (QED) is 0.453. The van der Waals surface area contributed by atoms with Gasteiger partial charge in [-0.05, 0) is 22.3 Å². The van der Waals surface area contributed by atoms with E-state index in [0.29, 0.717) is 36.5 Å². The van der Waals surface area contributed by atoms with Gasteiger partial charge < -0.3 is 20.2 Å². The Morgan fingerprint density at radius 1 is 1.03 bits per heavy atom. The summed E-state index contributed by atoms with van der Waals surface area (Å²) in [5.41, 5.74) is 13.1. The molecule has 0 radical (unpaired) electrons. The van der Waals surface area contributed by atoms with Crippen molar-refractivity contribution in [3.8, 4) is 28.3 Å². The van der Waals surface area contributed by atoms with Crippen molar-refractivity contribution in [3.05, 3.63) is 71.5 Å². The number of imidazole rings is 1. The fourth-order valence-electron chi connectivity index (χ4n) is 4.13. The first-order chi connectivity index (χ1) is 14.7. The van der Waals surface area contributed by atoms with Crippen LogP contribution in [0.2, 0.25) is 0 Å². The van der Waals surface area contributed by atoms with Crippen LogP contribution in [-0.2, 0) is 4.74 Å². The Hall–Kier alpha value is -3.22. The summed E-state index contributed by atoms with van der Waals surface area (Å²) in [7, 11) is 1.63. The van der Waals surface area contributed by atoms with E-state index in [1.165, 1.54) is 6.07 Å². The van der Waals surface area contributed by atoms with E-state index >= 15 is 0 Å². The molecule has 0 spiro atoms. The molecule has 6 heteroatoms. The molecular formula is C24H22FN3O2. The lowest BCUT2D eigenvalue weighted by atomic mass is 9.99. The Balaban J connectivity index is 1.56. The number of methoxy groups -OCH3 is 1. The van der Waals surface area contributed by atoms with Crippen LogP contribution in [0, 0.1) is 5.82 Å². The van der Waals surface area contributed by atoms with Gasteiger partial charge in [-0.25, -0.2) is 9.37 Å². The molecule has 1 aliphatic carbocycles. The average Bonchev–Trinajstić information content (AvgIpc) is 3.30. The maximum Gasteiger partial charge on any atom is 0.167 e. The summed E-state index contributed by atoms with van der Waals surface area (Å²) < 4.78 is 25.1. The number of hydrogen-bond acceptors (Lipinski definition) is 4. The van der Waals surface area contributed by atoms with Gasteiger partial charge in [0, 0.05) is 37.8 Å². The fraction of sp³-hybridized carbons (Fsp3) is 0.208. The number of hydrogen-bond donors (Lipinski definition) is 2. The lowest BCUT2D eigenvalue weighted by molar-refractivity contribution is 0.170. The number of nitrogens with two attached hydrogens (primary N) is 1. The Kier molecular flexibility index (Phi) is 4.73. The summed E-state index contributed by atoms with van der Waals surface area (Å²) in [5.74, 6) is 0.463. The molecule has 3 N–H and O–H groups in total. The van der Waals surface area contributed by atoms with Gasteiger partial charge in [0.25, 0.3) is 0 Å². The van der Waals surface area contributed by atoms with Gasteiger partial charge in [-0.2, -0.15) is 0 Å². The van der Waals surface area contributed by atoms with Crippen LogP contribution in [0.3, 0.4) is 0 Å². The molecule has 30 heavy (non-hydrogen) atoms. The molecule has 3 aromatic carbocycles. The van der Waals surface area contributed by atoms with Crippen LogP contribution in [-0.4, -0.2) is 30.3 Å². The second kappa shape index (κ2) is 7.55. The van der Waals surface area contributed by atoms with Crippen molar-refractivity contribution >= 4 is 11.0 Å². The van der Waals surface area contributed by atoms with Gasteiger partial charge in [-0.3, -0.25) is 0 Å². The van der Waals surface area contributed by atoms with E-state index in [9.17, 15) is 4.39 Å². The minimum atomic E-state index is -0.416. The normalized spacial score (nSPS) is 14.7. The maximum absolute atomic E-state index is 14.5. The van der Waals surface area contributed by atoms with Gasteiger partial charge in [0.15, 0.2) is 11.6 Å². The molecule has 1 aliphatic rings. The van der Waals surface area contributed by atoms with E-state index in [4.69, 9.17) is 20.2 Å². The highest BCUT2D eigenvalue weighted by molar-refractivity contribution is 5.91. The van der Waals surface area contributed by atoms with Crippen molar-refractivity contribution in [1.82, 2.24) is 9.97 Å². The Bertz CT molecular complexity index is 1230. The van der Waals surface area contributed by atoms with E-state index in [1.807, 2.05) is 24.3 Å². The van der Waals surface area contributed by atoms with Gasteiger partial charge in [0.1, 0.15) is 5.82 Å². The third-order valence-corrected chi connectivity index (χ3v) is 5.54. The molecular weight excluding hydrogens is 381 g/mol. The smallest absolute Gasteiger partial charge is 0.167 e. The van der Waals surface area contributed by atoms with Gasteiger partial charge >= 0.3 is 0 Å². The number of halogens is 1. The molecule has 0 saturated carbocycles. The molecule has 152 valence electrons. The first-order valence-electron chi connectivity index (χ1n) is 9.96. The van der Waals surface area contributed by atoms with Crippen LogP contribution in [0.15, 0.2) is 54.6 Å². The number of nitrogens with one attached hydrogen (secondary N) is 1. The third kappa shape index (κ3) is 3.05. The van der Waals surface area contributed by atoms with Crippen LogP contribution in [0.1, 0.15) is 23.6 Å². The van der Waals surface area contributed by atoms with Crippen molar-refractivity contribution in [2.45, 2.75) is 12.5 Å². The molecule has 0 fully saturated rings. The van der Waals surface area contributed by atoms with E-state index in [0.717, 1.165) is 27.8 Å². The number of fused-ring (bicyclic) bond motifs is 4. The van der Waals surface area contributed by atoms with Crippen molar-refractivity contribution in [3.63, 3.8) is 0 Å². The highest BCUT2D eigenvalue weighted by Crippen LogP contribution is 2.46. The number of rotatable bonds is 6. The largest absolute Gasteiger partial charge is 0.490 e. The van der Waals surface area contributed by atoms with E-state index in [-0.39, 0.29) is 11.8 Å². The Morgan fingerprint density at radius 3 is 2.70 bits per heavy atom. The first-order valence-corrected chi connectivity index (χ1v) is 9.96. The molecule has 0 amide bonds. The molecule has 5 nitrogen and oxygen atoms in total. The van der Waals surface area contributed by atoms with E-state index in [1.54, 1.807) is 13.2 Å². The van der Waals surface area contributed by atoms with Crippen LogP contribution in [0.5, 0.6) is 5.75 Å². The van der Waals surface area contributed by atoms with Gasteiger partial charge in [-0.1, -0.05) is 42.5 Å². The summed E-state index contributed by atoms with van der Waals surface area (Å²) in [5, 5.41) is 0. The number of ether oxygens (including phenoxy) is 2. The highest BCUT2D eigenvalue weighted by atomic mass is 19.1. The van der Waals surface area contributed by atoms with Crippen molar-refractivity contribution in [2.24, 2.45) is 5.73 Å². The number of nitrogens with zero attached hydrogens (tertiary/aromatic N) is 1. The second-order valence-corrected chi connectivity index (χ2v) is 7.41. The number of aromatic amines is 1. The minimum absolute atomic E-state index is 0.162. The van der Waals surface area contributed by atoms with Crippen molar-refractivity contribution in [1.29, 1.82) is 0 Å². The minimum Gasteiger partial charge on any atom is -0.490 e. The molecule has 0 saturated heterocycles. The zero-order chi connectivity index (χ0) is 20.7. The van der Waals surface area contributed by atoms with Crippen LogP contribution >= 0.6 is 0 Å². The average molecular weight is 403 g/mol. The third-order valence-electron chi connectivity index (χ3n) is 5.54. The predicted molar refractivity (Wildman–Crippen MR) is 115 cm³/mol. The topological polar surface area (TPSA) is 73.2 Å². The van der Waals surface area contributed by atoms with E-state index < -0.39 is 5.82 Å². The summed E-state index contributed by atoms with van der Waals surface area (Å²) in [6.45, 7) is 0.952. The number of benzene rings is 3. The predicted octanol–water partition coefficient (Wildman–Crippen LogP) is 4.81. The molecule has 1 atom stereocenters. The molecule has 5 rings (SSSR count). The molecule has 1 heterocycles. The lowest BCUT2D eigenvalue weighted by Crippen LogP contribution is -2.07. The summed E-state index contributed by atoms with van der Waals surface area (Å²) in [4.78, 5) is 8.00. The molecule has 0 aliphatic heterocycles. The van der Waals surface area contributed by atoms with E-state index in [2.05, 4.69) is 23.2 Å². The zero-order valence-electron chi connectivity index (χ0n) is 16.6. The number of H-pyrrole nitrogens is 1. The Morgan fingerprint density at radius 2 is 1.83 bits per heavy atom. The van der Waals surface area contributed by atoms with Crippen LogP contribution < -0.4 is 10.5 Å². The first kappa shape index (κ1) is 18.8. The summed E-state index contributed by atoms with van der Waals surface area (Å²) in [6.07, 6.45) is 0.690. The monoisotopic (exact) mass is 403 g/mol. The van der Waals surface area contributed by atoms with Crippen molar-refractivity contribution in [2.75, 3.05) is 20.3 Å². The lowest BCUT2D eigenvalue weighted by Gasteiger charge is -2.08. The van der Waals surface area contributed by atoms with Gasteiger partial charge in [0.05, 0.1) is 23.7 Å². The zero-order valence-corrected chi connectivity index (χ0v) is 16.6. The second-order valence-electron chi connectivity index (χ2n) is 7.41. The van der Waals surface area contributed by atoms with Crippen LogP contribution in [0.4, 0.5) is 4.39 Å². The summed E-state index contributed by atoms with van der Waals surface area (Å²) in [6, 6.07) is 17.1. The van der Waals surface area contributed by atoms with Gasteiger partial charge in [0.2, 0.25) is 0 Å².